The fraction of sp³-hybridized carbons (Fsp3) is 0.250. The van der Waals surface area contributed by atoms with E-state index in [0.29, 0.717) is 13.0 Å². The lowest BCUT2D eigenvalue weighted by Gasteiger charge is -2.28. The van der Waals surface area contributed by atoms with Crippen LogP contribution in [0.15, 0.2) is 47.4 Å². The Morgan fingerprint density at radius 2 is 1.90 bits per heavy atom. The summed E-state index contributed by atoms with van der Waals surface area (Å²) in [4.78, 5) is 36.3. The Labute approximate surface area is 174 Å². The number of fused-ring (bicyclic) bond motifs is 1. The van der Waals surface area contributed by atoms with Crippen LogP contribution in [0, 0.1) is 0 Å². The van der Waals surface area contributed by atoms with Gasteiger partial charge in [-0.15, -0.1) is 0 Å². The van der Waals surface area contributed by atoms with Crippen molar-refractivity contribution in [3.05, 3.63) is 53.6 Å². The molecule has 0 aliphatic carbocycles. The number of amides is 3. The van der Waals surface area contributed by atoms with Crippen LogP contribution in [0.4, 0.5) is 11.4 Å². The number of hydrogen-bond donors (Lipinski definition) is 3. The number of nitrogens with one attached hydrogen (secondary N) is 2. The second-order valence-corrected chi connectivity index (χ2v) is 8.58. The summed E-state index contributed by atoms with van der Waals surface area (Å²) in [5.74, 6) is -1.32. The molecule has 158 valence electrons. The van der Waals surface area contributed by atoms with Gasteiger partial charge in [0.1, 0.15) is 0 Å². The summed E-state index contributed by atoms with van der Waals surface area (Å²) in [5, 5.41) is 2.34. The third kappa shape index (κ3) is 4.77. The number of rotatable bonds is 6. The fourth-order valence-electron chi connectivity index (χ4n) is 3.28. The van der Waals surface area contributed by atoms with Crippen molar-refractivity contribution in [3.8, 4) is 0 Å². The number of primary amides is 1. The molecule has 4 N–H and O–H groups in total. The maximum absolute atomic E-state index is 12.8. The number of carbonyl (C=O) groups excluding carboxylic acids is 3. The van der Waals surface area contributed by atoms with E-state index in [9.17, 15) is 22.8 Å². The topological polar surface area (TPSA) is 139 Å². The number of nitrogens with zero attached hydrogens (tertiary/aromatic N) is 1. The summed E-state index contributed by atoms with van der Waals surface area (Å²) in [6.07, 6.45) is 1.43. The van der Waals surface area contributed by atoms with Crippen LogP contribution in [0.5, 0.6) is 0 Å². The average molecular weight is 430 g/mol. The lowest BCUT2D eigenvalue weighted by Crippen LogP contribution is -2.33. The number of benzene rings is 2. The average Bonchev–Trinajstić information content (AvgIpc) is 2.70. The SMILES string of the molecule is CC(=O)N1CCCc2cc(S(=O)(=O)Nc3cccc(C(=O)NCC(N)=O)c3)ccc21. The van der Waals surface area contributed by atoms with Gasteiger partial charge in [0.05, 0.1) is 11.4 Å². The van der Waals surface area contributed by atoms with E-state index in [0.717, 1.165) is 17.7 Å². The first-order valence-electron chi connectivity index (χ1n) is 9.28. The predicted octanol–water partition coefficient (Wildman–Crippen LogP) is 1.00. The molecule has 0 atom stereocenters. The lowest BCUT2D eigenvalue weighted by molar-refractivity contribution is -0.117. The molecule has 10 heteroatoms. The molecule has 0 fully saturated rings. The lowest BCUT2D eigenvalue weighted by atomic mass is 10.0. The van der Waals surface area contributed by atoms with Crippen molar-refractivity contribution < 1.29 is 22.8 Å². The van der Waals surface area contributed by atoms with Gasteiger partial charge in [-0.1, -0.05) is 6.07 Å². The highest BCUT2D eigenvalue weighted by Crippen LogP contribution is 2.30. The minimum Gasteiger partial charge on any atom is -0.368 e. The van der Waals surface area contributed by atoms with Crippen LogP contribution in [-0.2, 0) is 26.0 Å². The van der Waals surface area contributed by atoms with Crippen LogP contribution in [0.1, 0.15) is 29.3 Å². The predicted molar refractivity (Wildman–Crippen MR) is 112 cm³/mol. The zero-order valence-corrected chi connectivity index (χ0v) is 17.2. The van der Waals surface area contributed by atoms with Crippen molar-refractivity contribution in [1.82, 2.24) is 5.32 Å². The molecule has 3 rings (SSSR count). The second-order valence-electron chi connectivity index (χ2n) is 6.90. The molecule has 0 unspecified atom stereocenters. The van der Waals surface area contributed by atoms with E-state index in [1.807, 2.05) is 0 Å². The summed E-state index contributed by atoms with van der Waals surface area (Å²) in [5.41, 5.74) is 6.90. The number of anilines is 2. The van der Waals surface area contributed by atoms with Crippen molar-refractivity contribution in [1.29, 1.82) is 0 Å². The molecule has 1 aliphatic rings. The molecule has 0 saturated heterocycles. The fourth-order valence-corrected chi connectivity index (χ4v) is 4.37. The van der Waals surface area contributed by atoms with Crippen molar-refractivity contribution >= 4 is 39.1 Å². The summed E-state index contributed by atoms with van der Waals surface area (Å²) in [7, 11) is -3.91. The second kappa shape index (κ2) is 8.54. The van der Waals surface area contributed by atoms with Crippen LogP contribution < -0.4 is 20.7 Å². The Bertz CT molecular complexity index is 1110. The van der Waals surface area contributed by atoms with Gasteiger partial charge >= 0.3 is 0 Å². The molecular formula is C20H22N4O5S. The normalized spacial score (nSPS) is 13.3. The number of sulfonamides is 1. The van der Waals surface area contributed by atoms with Crippen LogP contribution in [0.3, 0.4) is 0 Å². The zero-order chi connectivity index (χ0) is 21.9. The van der Waals surface area contributed by atoms with Gasteiger partial charge in [0.2, 0.25) is 11.8 Å². The summed E-state index contributed by atoms with van der Waals surface area (Å²) in [6, 6.07) is 10.5. The Kier molecular flexibility index (Phi) is 6.06. The summed E-state index contributed by atoms with van der Waals surface area (Å²) in [6.45, 7) is 1.77. The highest BCUT2D eigenvalue weighted by atomic mass is 32.2. The van der Waals surface area contributed by atoms with E-state index >= 15 is 0 Å². The van der Waals surface area contributed by atoms with E-state index in [2.05, 4.69) is 10.0 Å². The van der Waals surface area contributed by atoms with Crippen LogP contribution >= 0.6 is 0 Å². The Morgan fingerprint density at radius 3 is 2.60 bits per heavy atom. The van der Waals surface area contributed by atoms with E-state index in [4.69, 9.17) is 5.73 Å². The Hall–Kier alpha value is -3.40. The molecule has 0 bridgehead atoms. The molecule has 0 radical (unpaired) electrons. The quantitative estimate of drug-likeness (QED) is 0.628. The molecule has 1 heterocycles. The minimum atomic E-state index is -3.91. The molecule has 0 saturated carbocycles. The van der Waals surface area contributed by atoms with Gasteiger partial charge in [-0.3, -0.25) is 19.1 Å². The molecule has 9 nitrogen and oxygen atoms in total. The van der Waals surface area contributed by atoms with Crippen LogP contribution in [0.2, 0.25) is 0 Å². The molecule has 3 amide bonds. The van der Waals surface area contributed by atoms with E-state index in [1.165, 1.54) is 37.3 Å². The minimum absolute atomic E-state index is 0.0650. The monoisotopic (exact) mass is 430 g/mol. The van der Waals surface area contributed by atoms with E-state index in [1.54, 1.807) is 17.0 Å². The standard InChI is InChI=1S/C20H22N4O5S/c1-13(25)24-9-3-5-14-11-17(7-8-18(14)24)30(28,29)23-16-6-2-4-15(10-16)20(27)22-12-19(21)26/h2,4,6-8,10-11,23H,3,5,9,12H2,1H3,(H2,21,26)(H,22,27). The van der Waals surface area contributed by atoms with E-state index < -0.39 is 21.8 Å². The van der Waals surface area contributed by atoms with Gasteiger partial charge in [-0.25, -0.2) is 8.42 Å². The molecule has 0 aromatic heterocycles. The van der Waals surface area contributed by atoms with Crippen LogP contribution in [0.25, 0.3) is 0 Å². The van der Waals surface area contributed by atoms with Crippen molar-refractivity contribution in [2.75, 3.05) is 22.7 Å². The first kappa shape index (κ1) is 21.3. The van der Waals surface area contributed by atoms with Crippen molar-refractivity contribution in [2.45, 2.75) is 24.7 Å². The van der Waals surface area contributed by atoms with Crippen molar-refractivity contribution in [2.24, 2.45) is 5.73 Å². The molecule has 2 aromatic carbocycles. The van der Waals surface area contributed by atoms with Crippen molar-refractivity contribution in [3.63, 3.8) is 0 Å². The summed E-state index contributed by atoms with van der Waals surface area (Å²) < 4.78 is 28.1. The van der Waals surface area contributed by atoms with E-state index in [-0.39, 0.29) is 28.6 Å². The van der Waals surface area contributed by atoms with Gasteiger partial charge in [-0.05, 0) is 54.8 Å². The maximum atomic E-state index is 12.8. The first-order valence-corrected chi connectivity index (χ1v) is 10.8. The van der Waals surface area contributed by atoms with Crippen LogP contribution in [-0.4, -0.2) is 39.2 Å². The number of hydrogen-bond acceptors (Lipinski definition) is 5. The number of carbonyl (C=O) groups is 3. The van der Waals surface area contributed by atoms with Gasteiger partial charge in [0.25, 0.3) is 15.9 Å². The summed E-state index contributed by atoms with van der Waals surface area (Å²) >= 11 is 0. The smallest absolute Gasteiger partial charge is 0.261 e. The van der Waals surface area contributed by atoms with Gasteiger partial charge in [0, 0.05) is 30.4 Å². The Balaban J connectivity index is 1.82. The highest BCUT2D eigenvalue weighted by molar-refractivity contribution is 7.92. The molecule has 0 spiro atoms. The third-order valence-corrected chi connectivity index (χ3v) is 6.04. The molecular weight excluding hydrogens is 408 g/mol. The van der Waals surface area contributed by atoms with Gasteiger partial charge < -0.3 is 16.0 Å². The largest absolute Gasteiger partial charge is 0.368 e. The molecule has 1 aliphatic heterocycles. The number of nitrogens with two attached hydrogens (primary N) is 1. The zero-order valence-electron chi connectivity index (χ0n) is 16.3. The molecule has 30 heavy (non-hydrogen) atoms. The molecule has 2 aromatic rings. The third-order valence-electron chi connectivity index (χ3n) is 4.66. The Morgan fingerprint density at radius 1 is 1.13 bits per heavy atom. The number of aryl methyl sites for hydroxylation is 1. The first-order chi connectivity index (χ1) is 14.2. The van der Waals surface area contributed by atoms with Gasteiger partial charge in [0.15, 0.2) is 0 Å². The highest BCUT2D eigenvalue weighted by Gasteiger charge is 2.23. The maximum Gasteiger partial charge on any atom is 0.261 e. The van der Waals surface area contributed by atoms with Gasteiger partial charge in [-0.2, -0.15) is 0 Å².